The van der Waals surface area contributed by atoms with Crippen molar-refractivity contribution in [2.75, 3.05) is 11.9 Å². The number of rotatable bonds is 2. The maximum Gasteiger partial charge on any atom is 0.325 e. The second-order valence-corrected chi connectivity index (χ2v) is 4.03. The van der Waals surface area contributed by atoms with Crippen molar-refractivity contribution in [2.24, 2.45) is 5.73 Å². The van der Waals surface area contributed by atoms with E-state index in [1.807, 2.05) is 4.98 Å². The summed E-state index contributed by atoms with van der Waals surface area (Å²) in [7, 11) is 0. The molecule has 0 fully saturated rings. The first-order chi connectivity index (χ1) is 10.1. The van der Waals surface area contributed by atoms with Crippen LogP contribution >= 0.6 is 0 Å². The van der Waals surface area contributed by atoms with Crippen LogP contribution in [0.3, 0.4) is 0 Å². The Bertz CT molecular complexity index is 839. The Hall–Kier alpha value is -3.11. The molecule has 1 amide bonds. The van der Waals surface area contributed by atoms with Crippen LogP contribution in [0.4, 0.5) is 5.69 Å². The van der Waals surface area contributed by atoms with Crippen LogP contribution in [-0.2, 0) is 0 Å². The van der Waals surface area contributed by atoms with Gasteiger partial charge in [0.1, 0.15) is 5.56 Å². The van der Waals surface area contributed by atoms with Gasteiger partial charge < -0.3 is 16.0 Å². The molecule has 0 atom stereocenters. The lowest BCUT2D eigenvalue weighted by Crippen LogP contribution is -2.29. The van der Waals surface area contributed by atoms with Crippen LogP contribution in [0.2, 0.25) is 0 Å². The molecule has 0 aliphatic rings. The molecule has 0 spiro atoms. The minimum atomic E-state index is -0.754. The highest BCUT2D eigenvalue weighted by Crippen LogP contribution is 2.10. The topological polar surface area (TPSA) is 121 Å². The van der Waals surface area contributed by atoms with Gasteiger partial charge in [-0.15, -0.1) is 0 Å². The van der Waals surface area contributed by atoms with Gasteiger partial charge in [-0.3, -0.25) is 14.6 Å². The van der Waals surface area contributed by atoms with Gasteiger partial charge in [-0.25, -0.2) is 4.79 Å². The molecule has 0 saturated heterocycles. The molecule has 7 nitrogen and oxygen atoms in total. The van der Waals surface area contributed by atoms with Crippen LogP contribution in [0.15, 0.2) is 40.1 Å². The first kappa shape index (κ1) is 14.3. The van der Waals surface area contributed by atoms with Crippen molar-refractivity contribution in [2.45, 2.75) is 0 Å². The lowest BCUT2D eigenvalue weighted by atomic mass is 10.2. The average molecular weight is 284 g/mol. The number of benzene rings is 1. The van der Waals surface area contributed by atoms with E-state index in [4.69, 9.17) is 5.73 Å². The van der Waals surface area contributed by atoms with Gasteiger partial charge in [-0.2, -0.15) is 0 Å². The number of carbonyl (C=O) groups excluding carboxylic acids is 1. The highest BCUT2D eigenvalue weighted by molar-refractivity contribution is 6.03. The number of carbonyl (C=O) groups is 1. The molecule has 0 unspecified atom stereocenters. The molecule has 0 aliphatic heterocycles. The van der Waals surface area contributed by atoms with Crippen LogP contribution in [0, 0.1) is 11.8 Å². The number of amides is 1. The molecule has 1 heterocycles. The summed E-state index contributed by atoms with van der Waals surface area (Å²) in [6, 6.07) is 6.80. The minimum Gasteiger partial charge on any atom is -0.322 e. The fourth-order valence-corrected chi connectivity index (χ4v) is 1.60. The highest BCUT2D eigenvalue weighted by atomic mass is 16.2. The van der Waals surface area contributed by atoms with Gasteiger partial charge in [-0.05, 0) is 18.2 Å². The van der Waals surface area contributed by atoms with Crippen LogP contribution < -0.4 is 22.3 Å². The number of aromatic amines is 2. The molecular formula is C14H12N4O3. The summed E-state index contributed by atoms with van der Waals surface area (Å²) in [6.07, 6.45) is 1.06. The monoisotopic (exact) mass is 284 g/mol. The number of aromatic nitrogens is 2. The SMILES string of the molecule is NCC#Cc1cccc(NC(=O)c2c[nH]c(=O)[nH]c2=O)c1. The van der Waals surface area contributed by atoms with Gasteiger partial charge >= 0.3 is 5.69 Å². The quantitative estimate of drug-likeness (QED) is 0.562. The number of nitrogens with one attached hydrogen (secondary N) is 3. The van der Waals surface area contributed by atoms with E-state index >= 15 is 0 Å². The summed E-state index contributed by atoms with van der Waals surface area (Å²) in [4.78, 5) is 38.6. The number of anilines is 1. The molecule has 0 bridgehead atoms. The van der Waals surface area contributed by atoms with Gasteiger partial charge in [-0.1, -0.05) is 17.9 Å². The third-order valence-electron chi connectivity index (χ3n) is 2.52. The molecule has 2 rings (SSSR count). The van der Waals surface area contributed by atoms with Crippen molar-refractivity contribution < 1.29 is 4.79 Å². The van der Waals surface area contributed by atoms with Crippen molar-refractivity contribution >= 4 is 11.6 Å². The Morgan fingerprint density at radius 2 is 2.14 bits per heavy atom. The Kier molecular flexibility index (Phi) is 4.33. The van der Waals surface area contributed by atoms with E-state index in [1.54, 1.807) is 24.3 Å². The Morgan fingerprint density at radius 1 is 1.33 bits per heavy atom. The van der Waals surface area contributed by atoms with E-state index in [9.17, 15) is 14.4 Å². The second-order valence-electron chi connectivity index (χ2n) is 4.03. The summed E-state index contributed by atoms with van der Waals surface area (Å²) < 4.78 is 0. The smallest absolute Gasteiger partial charge is 0.322 e. The number of H-pyrrole nitrogens is 2. The van der Waals surface area contributed by atoms with Crippen LogP contribution in [0.1, 0.15) is 15.9 Å². The van der Waals surface area contributed by atoms with E-state index < -0.39 is 17.2 Å². The number of hydrogen-bond donors (Lipinski definition) is 4. The van der Waals surface area contributed by atoms with Crippen molar-refractivity contribution in [3.8, 4) is 11.8 Å². The third-order valence-corrected chi connectivity index (χ3v) is 2.52. The summed E-state index contributed by atoms with van der Waals surface area (Å²) in [6.45, 7) is 0.239. The molecule has 1 aromatic heterocycles. The molecule has 0 saturated carbocycles. The van der Waals surface area contributed by atoms with Crippen molar-refractivity contribution in [1.29, 1.82) is 0 Å². The predicted molar refractivity (Wildman–Crippen MR) is 78.0 cm³/mol. The molecule has 2 aromatic rings. The van der Waals surface area contributed by atoms with Crippen LogP contribution in [0.5, 0.6) is 0 Å². The average Bonchev–Trinajstić information content (AvgIpc) is 2.45. The first-order valence-corrected chi connectivity index (χ1v) is 6.02. The standard InChI is InChI=1S/C14H12N4O3/c15-6-2-4-9-3-1-5-10(7-9)17-12(19)11-8-16-14(21)18-13(11)20/h1,3,5,7-8H,6,15H2,(H,17,19)(H2,16,18,20,21). The fourth-order valence-electron chi connectivity index (χ4n) is 1.60. The first-order valence-electron chi connectivity index (χ1n) is 6.02. The van der Waals surface area contributed by atoms with Gasteiger partial charge in [0.2, 0.25) is 0 Å². The Labute approximate surface area is 119 Å². The lowest BCUT2D eigenvalue weighted by molar-refractivity contribution is 0.102. The summed E-state index contributed by atoms with van der Waals surface area (Å²) >= 11 is 0. The Balaban J connectivity index is 2.23. The van der Waals surface area contributed by atoms with Crippen molar-refractivity contribution in [1.82, 2.24) is 9.97 Å². The zero-order valence-electron chi connectivity index (χ0n) is 10.9. The largest absolute Gasteiger partial charge is 0.325 e. The van der Waals surface area contributed by atoms with E-state index in [2.05, 4.69) is 22.1 Å². The molecule has 106 valence electrons. The minimum absolute atomic E-state index is 0.187. The third kappa shape index (κ3) is 3.68. The fraction of sp³-hybridized carbons (Fsp3) is 0.0714. The second kappa shape index (κ2) is 6.36. The maximum absolute atomic E-state index is 12.0. The zero-order valence-corrected chi connectivity index (χ0v) is 10.9. The van der Waals surface area contributed by atoms with Gasteiger partial charge in [0.25, 0.3) is 11.5 Å². The van der Waals surface area contributed by atoms with Gasteiger partial charge in [0, 0.05) is 17.4 Å². The molecule has 0 radical (unpaired) electrons. The molecule has 5 N–H and O–H groups in total. The number of hydrogen-bond acceptors (Lipinski definition) is 4. The van der Waals surface area contributed by atoms with E-state index in [0.717, 1.165) is 6.20 Å². The van der Waals surface area contributed by atoms with Gasteiger partial charge in [0.05, 0.1) is 6.54 Å². The van der Waals surface area contributed by atoms with Crippen LogP contribution in [-0.4, -0.2) is 22.4 Å². The summed E-state index contributed by atoms with van der Waals surface area (Å²) in [5, 5.41) is 2.56. The zero-order chi connectivity index (χ0) is 15.2. The number of nitrogens with two attached hydrogens (primary N) is 1. The Morgan fingerprint density at radius 3 is 2.86 bits per heavy atom. The van der Waals surface area contributed by atoms with Crippen molar-refractivity contribution in [3.63, 3.8) is 0 Å². The normalized spacial score (nSPS) is 9.57. The van der Waals surface area contributed by atoms with Crippen molar-refractivity contribution in [3.05, 3.63) is 62.4 Å². The lowest BCUT2D eigenvalue weighted by Gasteiger charge is -2.04. The maximum atomic E-state index is 12.0. The van der Waals surface area contributed by atoms with Gasteiger partial charge in [0.15, 0.2) is 0 Å². The summed E-state index contributed by atoms with van der Waals surface area (Å²) in [5.74, 6) is 4.91. The van der Waals surface area contributed by atoms with E-state index in [0.29, 0.717) is 11.3 Å². The molecule has 21 heavy (non-hydrogen) atoms. The van der Waals surface area contributed by atoms with Crippen LogP contribution in [0.25, 0.3) is 0 Å². The molecule has 7 heteroatoms. The van der Waals surface area contributed by atoms with E-state index in [1.165, 1.54) is 0 Å². The highest BCUT2D eigenvalue weighted by Gasteiger charge is 2.11. The summed E-state index contributed by atoms with van der Waals surface area (Å²) in [5.41, 5.74) is 4.85. The molecule has 0 aliphatic carbocycles. The molecule has 1 aromatic carbocycles. The molecular weight excluding hydrogens is 272 g/mol. The van der Waals surface area contributed by atoms with E-state index in [-0.39, 0.29) is 12.1 Å². The predicted octanol–water partition coefficient (Wildman–Crippen LogP) is -0.374.